The van der Waals surface area contributed by atoms with Crippen molar-refractivity contribution in [1.82, 2.24) is 15.1 Å². The number of benzene rings is 2. The van der Waals surface area contributed by atoms with Crippen molar-refractivity contribution in [3.05, 3.63) is 75.5 Å². The fourth-order valence-corrected chi connectivity index (χ4v) is 4.35. The molecule has 2 amide bonds. The Bertz CT molecular complexity index is 1070. The van der Waals surface area contributed by atoms with Crippen molar-refractivity contribution in [1.29, 1.82) is 0 Å². The van der Waals surface area contributed by atoms with Crippen molar-refractivity contribution in [2.24, 2.45) is 0 Å². The molecule has 1 aliphatic heterocycles. The molecule has 1 atom stereocenters. The molecule has 0 bridgehead atoms. The molecule has 0 unspecified atom stereocenters. The van der Waals surface area contributed by atoms with E-state index < -0.39 is 5.82 Å². The van der Waals surface area contributed by atoms with E-state index in [9.17, 15) is 14.0 Å². The minimum atomic E-state index is -0.518. The second-order valence-corrected chi connectivity index (χ2v) is 8.34. The van der Waals surface area contributed by atoms with Crippen LogP contribution in [0.5, 0.6) is 0 Å². The van der Waals surface area contributed by atoms with E-state index in [-0.39, 0.29) is 28.3 Å². The maximum absolute atomic E-state index is 14.0. The van der Waals surface area contributed by atoms with Gasteiger partial charge in [-0.15, -0.1) is 10.2 Å². The molecule has 4 rings (SSSR count). The highest BCUT2D eigenvalue weighted by Crippen LogP contribution is 2.30. The topological polar surface area (TPSA) is 75.2 Å². The highest BCUT2D eigenvalue weighted by Gasteiger charge is 2.29. The Morgan fingerprint density at radius 1 is 1.13 bits per heavy atom. The van der Waals surface area contributed by atoms with E-state index in [0.717, 1.165) is 23.4 Å². The van der Waals surface area contributed by atoms with Gasteiger partial charge in [0, 0.05) is 24.7 Å². The van der Waals surface area contributed by atoms with Crippen LogP contribution in [0.2, 0.25) is 0 Å². The van der Waals surface area contributed by atoms with E-state index in [0.29, 0.717) is 18.8 Å². The summed E-state index contributed by atoms with van der Waals surface area (Å²) in [5, 5.41) is 12.1. The highest BCUT2D eigenvalue weighted by atomic mass is 32.1. The average Bonchev–Trinajstić information content (AvgIpc) is 3.26. The van der Waals surface area contributed by atoms with Crippen LogP contribution >= 0.6 is 11.3 Å². The number of piperidine rings is 1. The van der Waals surface area contributed by atoms with E-state index >= 15 is 0 Å². The van der Waals surface area contributed by atoms with Gasteiger partial charge in [0.05, 0.1) is 5.56 Å². The monoisotopic (exact) mass is 424 g/mol. The second-order valence-electron chi connectivity index (χ2n) is 7.34. The van der Waals surface area contributed by atoms with Gasteiger partial charge in [0.25, 0.3) is 11.8 Å². The lowest BCUT2D eigenvalue weighted by molar-refractivity contribution is 0.0702. The molecule has 0 aliphatic carbocycles. The molecular weight excluding hydrogens is 403 g/mol. The zero-order chi connectivity index (χ0) is 21.1. The molecule has 8 heteroatoms. The first-order chi connectivity index (χ1) is 14.5. The molecular formula is C22H21FN4O2S. The molecule has 1 N–H and O–H groups in total. The molecule has 0 spiro atoms. The Balaban J connectivity index is 1.44. The number of aryl methyl sites for hydroxylation is 1. The molecule has 0 saturated carbocycles. The molecule has 1 aliphatic rings. The Kier molecular flexibility index (Phi) is 5.85. The maximum Gasteiger partial charge on any atom is 0.286 e. The van der Waals surface area contributed by atoms with Gasteiger partial charge >= 0.3 is 0 Å². The van der Waals surface area contributed by atoms with Crippen LogP contribution in [0.15, 0.2) is 48.5 Å². The summed E-state index contributed by atoms with van der Waals surface area (Å²) >= 11 is 1.24. The van der Waals surface area contributed by atoms with Crippen molar-refractivity contribution < 1.29 is 14.0 Å². The molecule has 3 aromatic rings. The highest BCUT2D eigenvalue weighted by molar-refractivity contribution is 7.13. The molecule has 1 saturated heterocycles. The van der Waals surface area contributed by atoms with E-state index in [1.165, 1.54) is 23.5 Å². The summed E-state index contributed by atoms with van der Waals surface area (Å²) in [6.07, 6.45) is 1.63. The number of rotatable bonds is 4. The number of hydrogen-bond donors (Lipinski definition) is 1. The fourth-order valence-electron chi connectivity index (χ4n) is 3.48. The second kappa shape index (κ2) is 8.71. The first-order valence-corrected chi connectivity index (χ1v) is 10.6. The van der Waals surface area contributed by atoms with Gasteiger partial charge in [-0.2, -0.15) is 0 Å². The number of nitrogens with zero attached hydrogens (tertiary/aromatic N) is 3. The van der Waals surface area contributed by atoms with Crippen LogP contribution in [0.3, 0.4) is 0 Å². The van der Waals surface area contributed by atoms with Gasteiger partial charge in [-0.05, 0) is 44.0 Å². The zero-order valence-electron chi connectivity index (χ0n) is 16.5. The molecule has 6 nitrogen and oxygen atoms in total. The third kappa shape index (κ3) is 4.38. The van der Waals surface area contributed by atoms with Gasteiger partial charge in [-0.1, -0.05) is 41.2 Å². The summed E-state index contributed by atoms with van der Waals surface area (Å²) in [7, 11) is 0. The van der Waals surface area contributed by atoms with E-state index in [4.69, 9.17) is 0 Å². The number of halogens is 1. The molecule has 1 fully saturated rings. The molecule has 154 valence electrons. The van der Waals surface area contributed by atoms with Crippen LogP contribution < -0.4 is 5.32 Å². The standard InChI is InChI=1S/C22H21FN4O2S/c1-14-8-10-16(11-9-14)24-19(28)21-26-25-20(30-21)15-5-4-12-27(13-15)22(29)17-6-2-3-7-18(17)23/h2-3,6-11,15H,4-5,12-13H2,1H3,(H,24,28)/t15-/m1/s1. The van der Waals surface area contributed by atoms with E-state index in [2.05, 4.69) is 15.5 Å². The minimum Gasteiger partial charge on any atom is -0.338 e. The third-order valence-electron chi connectivity index (χ3n) is 5.11. The van der Waals surface area contributed by atoms with Crippen LogP contribution in [0, 0.1) is 12.7 Å². The number of carbonyl (C=O) groups excluding carboxylic acids is 2. The normalized spacial score (nSPS) is 16.3. The largest absolute Gasteiger partial charge is 0.338 e. The summed E-state index contributed by atoms with van der Waals surface area (Å²) in [6.45, 7) is 2.98. The van der Waals surface area contributed by atoms with E-state index in [1.807, 2.05) is 31.2 Å². The van der Waals surface area contributed by atoms with Crippen molar-refractivity contribution in [2.45, 2.75) is 25.7 Å². The van der Waals surface area contributed by atoms with Gasteiger partial charge < -0.3 is 10.2 Å². The van der Waals surface area contributed by atoms with Crippen molar-refractivity contribution >= 4 is 28.8 Å². The lowest BCUT2D eigenvalue weighted by atomic mass is 9.98. The third-order valence-corrected chi connectivity index (χ3v) is 6.19. The Hall–Kier alpha value is -3.13. The SMILES string of the molecule is Cc1ccc(NC(=O)c2nnc([C@@H]3CCCN(C(=O)c4ccccc4F)C3)s2)cc1. The number of anilines is 1. The summed E-state index contributed by atoms with van der Waals surface area (Å²) < 4.78 is 14.0. The summed E-state index contributed by atoms with van der Waals surface area (Å²) in [5.41, 5.74) is 1.88. The molecule has 1 aromatic heterocycles. The minimum absolute atomic E-state index is 0.0205. The lowest BCUT2D eigenvalue weighted by Gasteiger charge is -2.31. The lowest BCUT2D eigenvalue weighted by Crippen LogP contribution is -2.39. The quantitative estimate of drug-likeness (QED) is 0.679. The van der Waals surface area contributed by atoms with Crippen LogP contribution in [0.4, 0.5) is 10.1 Å². The van der Waals surface area contributed by atoms with Gasteiger partial charge in [0.15, 0.2) is 0 Å². The summed E-state index contributed by atoms with van der Waals surface area (Å²) in [6, 6.07) is 13.5. The molecule has 2 heterocycles. The van der Waals surface area contributed by atoms with E-state index in [1.54, 1.807) is 17.0 Å². The summed E-state index contributed by atoms with van der Waals surface area (Å²) in [4.78, 5) is 26.9. The van der Waals surface area contributed by atoms with Crippen LogP contribution in [-0.4, -0.2) is 40.0 Å². The maximum atomic E-state index is 14.0. The molecule has 2 aromatic carbocycles. The number of likely N-dealkylation sites (tertiary alicyclic amines) is 1. The Labute approximate surface area is 177 Å². The predicted molar refractivity (Wildman–Crippen MR) is 113 cm³/mol. The first kappa shape index (κ1) is 20.2. The van der Waals surface area contributed by atoms with Crippen LogP contribution in [0.1, 0.15) is 49.5 Å². The number of hydrogen-bond acceptors (Lipinski definition) is 5. The number of amides is 2. The zero-order valence-corrected chi connectivity index (χ0v) is 17.3. The molecule has 30 heavy (non-hydrogen) atoms. The van der Waals surface area contributed by atoms with Gasteiger partial charge in [0.1, 0.15) is 10.8 Å². The van der Waals surface area contributed by atoms with Crippen molar-refractivity contribution in [2.75, 3.05) is 18.4 Å². The Morgan fingerprint density at radius 2 is 1.90 bits per heavy atom. The van der Waals surface area contributed by atoms with Crippen molar-refractivity contribution in [3.8, 4) is 0 Å². The van der Waals surface area contributed by atoms with Gasteiger partial charge in [-0.25, -0.2) is 4.39 Å². The van der Waals surface area contributed by atoms with Crippen LogP contribution in [-0.2, 0) is 0 Å². The fraction of sp³-hybridized carbons (Fsp3) is 0.273. The van der Waals surface area contributed by atoms with Gasteiger partial charge in [0.2, 0.25) is 5.01 Å². The summed E-state index contributed by atoms with van der Waals surface area (Å²) in [5.74, 6) is -1.17. The smallest absolute Gasteiger partial charge is 0.286 e. The van der Waals surface area contributed by atoms with Crippen molar-refractivity contribution in [3.63, 3.8) is 0 Å². The Morgan fingerprint density at radius 3 is 2.67 bits per heavy atom. The first-order valence-electron chi connectivity index (χ1n) is 9.76. The molecule has 0 radical (unpaired) electrons. The van der Waals surface area contributed by atoms with Gasteiger partial charge in [-0.3, -0.25) is 9.59 Å². The predicted octanol–water partition coefficient (Wildman–Crippen LogP) is 4.26. The number of aromatic nitrogens is 2. The average molecular weight is 425 g/mol. The van der Waals surface area contributed by atoms with Crippen LogP contribution in [0.25, 0.3) is 0 Å². The number of nitrogens with one attached hydrogen (secondary N) is 1. The number of carbonyl (C=O) groups is 2.